The van der Waals surface area contributed by atoms with Crippen LogP contribution in [0.3, 0.4) is 0 Å². The number of ether oxygens (including phenoxy) is 1. The Morgan fingerprint density at radius 1 is 1.07 bits per heavy atom. The molecule has 15 heavy (non-hydrogen) atoms. The predicted octanol–water partition coefficient (Wildman–Crippen LogP) is 3.00. The van der Waals surface area contributed by atoms with Gasteiger partial charge in [-0.3, -0.25) is 0 Å². The van der Waals surface area contributed by atoms with Gasteiger partial charge in [0.25, 0.3) is 0 Å². The molecule has 1 aliphatic carbocycles. The molecule has 1 saturated carbocycles. The Balaban J connectivity index is 1.73. The number of unbranched alkanes of at least 4 members (excludes halogenated alkanes) is 1. The molecule has 2 fully saturated rings. The number of rotatable bonds is 4. The summed E-state index contributed by atoms with van der Waals surface area (Å²) in [6.07, 6.45) is 13.6. The molecule has 0 radical (unpaired) electrons. The fraction of sp³-hybridized carbons (Fsp3) is 1.00. The lowest BCUT2D eigenvalue weighted by atomic mass is 9.83. The monoisotopic (exact) mass is 211 g/mol. The van der Waals surface area contributed by atoms with E-state index in [1.165, 1.54) is 57.8 Å². The fourth-order valence-corrected chi connectivity index (χ4v) is 3.18. The van der Waals surface area contributed by atoms with Crippen molar-refractivity contribution in [2.24, 2.45) is 5.73 Å². The molecule has 1 spiro atoms. The van der Waals surface area contributed by atoms with Crippen LogP contribution in [0.25, 0.3) is 0 Å². The minimum Gasteiger partial charge on any atom is -0.372 e. The van der Waals surface area contributed by atoms with Crippen molar-refractivity contribution in [3.8, 4) is 0 Å². The van der Waals surface area contributed by atoms with Gasteiger partial charge in [-0.1, -0.05) is 19.3 Å². The molecule has 1 unspecified atom stereocenters. The third kappa shape index (κ3) is 2.94. The Kier molecular flexibility index (Phi) is 4.04. The Morgan fingerprint density at radius 3 is 2.60 bits per heavy atom. The summed E-state index contributed by atoms with van der Waals surface area (Å²) < 4.78 is 6.30. The summed E-state index contributed by atoms with van der Waals surface area (Å²) in [6.45, 7) is 0.831. The second-order valence-electron chi connectivity index (χ2n) is 5.31. The lowest BCUT2D eigenvalue weighted by molar-refractivity contribution is -0.0660. The third-order valence-electron chi connectivity index (χ3n) is 4.08. The van der Waals surface area contributed by atoms with Gasteiger partial charge >= 0.3 is 0 Å². The van der Waals surface area contributed by atoms with Crippen molar-refractivity contribution in [1.82, 2.24) is 0 Å². The molecule has 1 saturated heterocycles. The van der Waals surface area contributed by atoms with Crippen LogP contribution in [0.2, 0.25) is 0 Å². The zero-order valence-electron chi connectivity index (χ0n) is 9.84. The van der Waals surface area contributed by atoms with Gasteiger partial charge in [-0.25, -0.2) is 0 Å². The molecule has 2 heteroatoms. The summed E-state index contributed by atoms with van der Waals surface area (Å²) in [7, 11) is 0. The second kappa shape index (κ2) is 5.31. The topological polar surface area (TPSA) is 35.2 Å². The van der Waals surface area contributed by atoms with Crippen molar-refractivity contribution >= 4 is 0 Å². The molecule has 0 aromatic carbocycles. The highest BCUT2D eigenvalue weighted by Crippen LogP contribution is 2.42. The van der Waals surface area contributed by atoms with E-state index in [0.29, 0.717) is 11.7 Å². The summed E-state index contributed by atoms with van der Waals surface area (Å²) in [4.78, 5) is 0. The van der Waals surface area contributed by atoms with E-state index in [4.69, 9.17) is 10.5 Å². The lowest BCUT2D eigenvalue weighted by Crippen LogP contribution is -2.31. The molecule has 0 aromatic rings. The van der Waals surface area contributed by atoms with Gasteiger partial charge in [0.2, 0.25) is 0 Å². The smallest absolute Gasteiger partial charge is 0.0687 e. The first kappa shape index (κ1) is 11.4. The van der Waals surface area contributed by atoms with Crippen molar-refractivity contribution < 1.29 is 4.74 Å². The van der Waals surface area contributed by atoms with Crippen molar-refractivity contribution in [3.63, 3.8) is 0 Å². The largest absolute Gasteiger partial charge is 0.372 e. The zero-order valence-corrected chi connectivity index (χ0v) is 9.84. The summed E-state index contributed by atoms with van der Waals surface area (Å²) in [5.41, 5.74) is 5.82. The zero-order chi connectivity index (χ0) is 10.6. The Morgan fingerprint density at radius 2 is 1.87 bits per heavy atom. The first-order chi connectivity index (χ1) is 7.35. The Hall–Kier alpha value is -0.0800. The molecule has 1 aliphatic heterocycles. The van der Waals surface area contributed by atoms with Gasteiger partial charge in [0.05, 0.1) is 11.7 Å². The van der Waals surface area contributed by atoms with Crippen LogP contribution in [-0.2, 0) is 4.74 Å². The molecule has 2 rings (SSSR count). The van der Waals surface area contributed by atoms with E-state index >= 15 is 0 Å². The van der Waals surface area contributed by atoms with Crippen LogP contribution in [0.4, 0.5) is 0 Å². The molecule has 0 bridgehead atoms. The van der Waals surface area contributed by atoms with Crippen LogP contribution in [0.15, 0.2) is 0 Å². The second-order valence-corrected chi connectivity index (χ2v) is 5.31. The normalized spacial score (nSPS) is 29.8. The highest BCUT2D eigenvalue weighted by Gasteiger charge is 2.40. The first-order valence-electron chi connectivity index (χ1n) is 6.73. The van der Waals surface area contributed by atoms with E-state index < -0.39 is 0 Å². The van der Waals surface area contributed by atoms with Crippen molar-refractivity contribution in [2.75, 3.05) is 6.54 Å². The van der Waals surface area contributed by atoms with Crippen molar-refractivity contribution in [3.05, 3.63) is 0 Å². The number of hydrogen-bond acceptors (Lipinski definition) is 2. The van der Waals surface area contributed by atoms with Gasteiger partial charge < -0.3 is 10.5 Å². The highest BCUT2D eigenvalue weighted by molar-refractivity contribution is 4.91. The molecule has 0 aromatic heterocycles. The predicted molar refractivity (Wildman–Crippen MR) is 62.8 cm³/mol. The van der Waals surface area contributed by atoms with Gasteiger partial charge in [0.15, 0.2) is 0 Å². The number of hydrogen-bond donors (Lipinski definition) is 1. The molecule has 2 nitrogen and oxygen atoms in total. The van der Waals surface area contributed by atoms with E-state index in [2.05, 4.69) is 0 Å². The summed E-state index contributed by atoms with van der Waals surface area (Å²) in [5, 5.41) is 0. The van der Waals surface area contributed by atoms with Crippen LogP contribution < -0.4 is 5.73 Å². The molecule has 1 heterocycles. The maximum absolute atomic E-state index is 6.30. The Labute approximate surface area is 93.6 Å². The van der Waals surface area contributed by atoms with Gasteiger partial charge in [-0.2, -0.15) is 0 Å². The van der Waals surface area contributed by atoms with Crippen LogP contribution in [0.1, 0.15) is 64.2 Å². The van der Waals surface area contributed by atoms with Gasteiger partial charge in [0, 0.05) is 0 Å². The summed E-state index contributed by atoms with van der Waals surface area (Å²) >= 11 is 0. The van der Waals surface area contributed by atoms with Crippen molar-refractivity contribution in [1.29, 1.82) is 0 Å². The van der Waals surface area contributed by atoms with Gasteiger partial charge in [0.1, 0.15) is 0 Å². The van der Waals surface area contributed by atoms with E-state index in [9.17, 15) is 0 Å². The summed E-state index contributed by atoms with van der Waals surface area (Å²) in [6, 6.07) is 0. The van der Waals surface area contributed by atoms with Crippen molar-refractivity contribution in [2.45, 2.75) is 75.9 Å². The minimum atomic E-state index is 0.311. The first-order valence-corrected chi connectivity index (χ1v) is 6.73. The molecule has 0 amide bonds. The minimum absolute atomic E-state index is 0.311. The molecular weight excluding hydrogens is 186 g/mol. The average molecular weight is 211 g/mol. The molecule has 2 N–H and O–H groups in total. The average Bonchev–Trinajstić information content (AvgIpc) is 2.63. The molecule has 88 valence electrons. The van der Waals surface area contributed by atoms with E-state index in [1.54, 1.807) is 0 Å². The number of nitrogens with two attached hydrogens (primary N) is 1. The maximum atomic E-state index is 6.30. The summed E-state index contributed by atoms with van der Waals surface area (Å²) in [5.74, 6) is 0. The van der Waals surface area contributed by atoms with Gasteiger partial charge in [-0.15, -0.1) is 0 Å². The molecule has 1 atom stereocenters. The quantitative estimate of drug-likeness (QED) is 0.725. The van der Waals surface area contributed by atoms with Crippen LogP contribution in [0, 0.1) is 0 Å². The molecule has 2 aliphatic rings. The lowest BCUT2D eigenvalue weighted by Gasteiger charge is -2.33. The van der Waals surface area contributed by atoms with E-state index in [-0.39, 0.29) is 0 Å². The van der Waals surface area contributed by atoms with Gasteiger partial charge in [-0.05, 0) is 51.5 Å². The van der Waals surface area contributed by atoms with E-state index in [1.807, 2.05) is 0 Å². The Bertz CT molecular complexity index is 185. The third-order valence-corrected chi connectivity index (χ3v) is 4.08. The maximum Gasteiger partial charge on any atom is 0.0687 e. The fourth-order valence-electron chi connectivity index (χ4n) is 3.18. The SMILES string of the molecule is NCCCCC1CCC2(CCCCC2)O1. The van der Waals surface area contributed by atoms with Crippen LogP contribution in [-0.4, -0.2) is 18.2 Å². The van der Waals surface area contributed by atoms with Crippen LogP contribution in [0.5, 0.6) is 0 Å². The molecular formula is C13H25NO. The standard InChI is InChI=1S/C13H25NO/c14-11-5-2-6-12-7-10-13(15-12)8-3-1-4-9-13/h12H,1-11,14H2. The van der Waals surface area contributed by atoms with E-state index in [0.717, 1.165) is 13.0 Å². The van der Waals surface area contributed by atoms with Crippen LogP contribution >= 0.6 is 0 Å². The highest BCUT2D eigenvalue weighted by atomic mass is 16.5.